The maximum absolute atomic E-state index is 6.02. The van der Waals surface area contributed by atoms with Gasteiger partial charge in [-0.1, -0.05) is 19.1 Å². The van der Waals surface area contributed by atoms with Crippen LogP contribution in [0.2, 0.25) is 0 Å². The molecule has 5 heteroatoms. The second kappa shape index (κ2) is 7.77. The van der Waals surface area contributed by atoms with Crippen molar-refractivity contribution in [2.24, 2.45) is 0 Å². The normalized spacial score (nSPS) is 11.1. The van der Waals surface area contributed by atoms with Gasteiger partial charge in [0.05, 0.1) is 30.5 Å². The molecule has 3 aromatic rings. The van der Waals surface area contributed by atoms with Crippen LogP contribution in [0, 0.1) is 27.7 Å². The van der Waals surface area contributed by atoms with Crippen LogP contribution in [0.5, 0.6) is 5.75 Å². The largest absolute Gasteiger partial charge is 0.491 e. The minimum Gasteiger partial charge on any atom is -0.491 e. The van der Waals surface area contributed by atoms with Gasteiger partial charge in [0.1, 0.15) is 12.4 Å². The summed E-state index contributed by atoms with van der Waals surface area (Å²) in [6.45, 7) is 12.9. The molecule has 3 rings (SSSR count). The Bertz CT molecular complexity index is 892. The molecular formula is C21H28N4O. The molecule has 0 fully saturated rings. The molecule has 0 bridgehead atoms. The molecule has 138 valence electrons. The van der Waals surface area contributed by atoms with Crippen LogP contribution in [0.15, 0.2) is 30.7 Å². The summed E-state index contributed by atoms with van der Waals surface area (Å²) in [6.07, 6.45) is 4.87. The zero-order chi connectivity index (χ0) is 18.7. The van der Waals surface area contributed by atoms with Gasteiger partial charge in [-0.3, -0.25) is 4.68 Å². The number of benzene rings is 1. The molecule has 0 radical (unpaired) electrons. The highest BCUT2D eigenvalue weighted by Gasteiger charge is 2.16. The van der Waals surface area contributed by atoms with E-state index in [2.05, 4.69) is 54.9 Å². The maximum Gasteiger partial charge on any atom is 0.122 e. The third-order valence-corrected chi connectivity index (χ3v) is 4.93. The highest BCUT2D eigenvalue weighted by atomic mass is 16.5. The van der Waals surface area contributed by atoms with E-state index in [9.17, 15) is 0 Å². The Hall–Kier alpha value is -2.56. The Labute approximate surface area is 155 Å². The van der Waals surface area contributed by atoms with Gasteiger partial charge in [0.2, 0.25) is 0 Å². The molecule has 0 aliphatic rings. The lowest BCUT2D eigenvalue weighted by molar-refractivity contribution is 0.297. The summed E-state index contributed by atoms with van der Waals surface area (Å²) >= 11 is 0. The average molecular weight is 352 g/mol. The van der Waals surface area contributed by atoms with E-state index < -0.39 is 0 Å². The summed E-state index contributed by atoms with van der Waals surface area (Å²) in [7, 11) is 0. The predicted octanol–water partition coefficient (Wildman–Crippen LogP) is 4.47. The van der Waals surface area contributed by atoms with Gasteiger partial charge in [0.15, 0.2) is 0 Å². The zero-order valence-corrected chi connectivity index (χ0v) is 16.4. The molecule has 0 amide bonds. The third-order valence-electron chi connectivity index (χ3n) is 4.93. The first kappa shape index (κ1) is 18.2. The smallest absolute Gasteiger partial charge is 0.122 e. The molecule has 0 spiro atoms. The Kier molecular flexibility index (Phi) is 5.45. The van der Waals surface area contributed by atoms with Gasteiger partial charge < -0.3 is 9.30 Å². The summed E-state index contributed by atoms with van der Waals surface area (Å²) in [6, 6.07) is 6.17. The lowest BCUT2D eigenvalue weighted by Crippen LogP contribution is -2.09. The van der Waals surface area contributed by atoms with E-state index >= 15 is 0 Å². The lowest BCUT2D eigenvalue weighted by Gasteiger charge is -2.13. The first-order valence-electron chi connectivity index (χ1n) is 9.26. The van der Waals surface area contributed by atoms with Gasteiger partial charge in [0.25, 0.3) is 0 Å². The van der Waals surface area contributed by atoms with Crippen LogP contribution in [0.25, 0.3) is 11.3 Å². The molecule has 2 heterocycles. The number of aryl methyl sites for hydroxylation is 3. The number of imidazole rings is 1. The highest BCUT2D eigenvalue weighted by molar-refractivity contribution is 5.64. The van der Waals surface area contributed by atoms with Gasteiger partial charge >= 0.3 is 0 Å². The monoisotopic (exact) mass is 352 g/mol. The van der Waals surface area contributed by atoms with Gasteiger partial charge in [-0.15, -0.1) is 0 Å². The molecule has 0 saturated carbocycles. The summed E-state index contributed by atoms with van der Waals surface area (Å²) in [5.41, 5.74) is 6.98. The minimum atomic E-state index is 0.606. The van der Waals surface area contributed by atoms with Crippen molar-refractivity contribution < 1.29 is 4.74 Å². The van der Waals surface area contributed by atoms with E-state index in [0.717, 1.165) is 36.6 Å². The Morgan fingerprint density at radius 2 is 1.88 bits per heavy atom. The number of aromatic nitrogens is 4. The van der Waals surface area contributed by atoms with E-state index in [0.29, 0.717) is 6.61 Å². The quantitative estimate of drug-likeness (QED) is 0.630. The van der Waals surface area contributed by atoms with Crippen molar-refractivity contribution in [3.05, 3.63) is 53.2 Å². The van der Waals surface area contributed by atoms with Crippen LogP contribution < -0.4 is 4.74 Å². The predicted molar refractivity (Wildman–Crippen MR) is 105 cm³/mol. The van der Waals surface area contributed by atoms with Crippen LogP contribution in [0.4, 0.5) is 0 Å². The van der Waals surface area contributed by atoms with E-state index in [1.54, 1.807) is 0 Å². The van der Waals surface area contributed by atoms with Crippen molar-refractivity contribution in [2.45, 2.75) is 54.1 Å². The second-order valence-electron chi connectivity index (χ2n) is 6.79. The summed E-state index contributed by atoms with van der Waals surface area (Å²) < 4.78 is 10.3. The Morgan fingerprint density at radius 3 is 2.65 bits per heavy atom. The van der Waals surface area contributed by atoms with Crippen molar-refractivity contribution in [3.8, 4) is 17.0 Å². The fourth-order valence-electron chi connectivity index (χ4n) is 3.34. The van der Waals surface area contributed by atoms with Crippen LogP contribution >= 0.6 is 0 Å². The van der Waals surface area contributed by atoms with Crippen LogP contribution in [-0.4, -0.2) is 25.9 Å². The Morgan fingerprint density at radius 1 is 1.08 bits per heavy atom. The number of hydrogen-bond acceptors (Lipinski definition) is 3. The third kappa shape index (κ3) is 3.52. The van der Waals surface area contributed by atoms with Crippen molar-refractivity contribution in [1.82, 2.24) is 19.3 Å². The van der Waals surface area contributed by atoms with Crippen molar-refractivity contribution >= 4 is 0 Å². The van der Waals surface area contributed by atoms with Crippen LogP contribution in [0.1, 0.15) is 35.9 Å². The maximum atomic E-state index is 6.02. The van der Waals surface area contributed by atoms with Crippen LogP contribution in [0.3, 0.4) is 0 Å². The van der Waals surface area contributed by atoms with Gasteiger partial charge in [-0.05, 0) is 51.3 Å². The number of ether oxygens (including phenoxy) is 1. The number of hydrogen-bond donors (Lipinski definition) is 0. The van der Waals surface area contributed by atoms with E-state index in [4.69, 9.17) is 9.84 Å². The fraction of sp³-hybridized carbons (Fsp3) is 0.429. The van der Waals surface area contributed by atoms with Crippen molar-refractivity contribution in [1.29, 1.82) is 0 Å². The molecular weight excluding hydrogens is 324 g/mol. The summed E-state index contributed by atoms with van der Waals surface area (Å²) in [4.78, 5) is 4.36. The SMILES string of the molecule is CCCn1nc(C)c(-c2cncn2CCOc2cccc(C)c2C)c1C. The molecule has 1 aromatic carbocycles. The molecule has 2 aromatic heterocycles. The summed E-state index contributed by atoms with van der Waals surface area (Å²) in [5, 5.41) is 4.69. The highest BCUT2D eigenvalue weighted by Crippen LogP contribution is 2.27. The van der Waals surface area contributed by atoms with Gasteiger partial charge in [-0.2, -0.15) is 5.10 Å². The van der Waals surface area contributed by atoms with Gasteiger partial charge in [0, 0.05) is 17.8 Å². The van der Waals surface area contributed by atoms with Crippen LogP contribution in [-0.2, 0) is 13.1 Å². The van der Waals surface area contributed by atoms with Crippen molar-refractivity contribution in [3.63, 3.8) is 0 Å². The number of rotatable bonds is 7. The molecule has 5 nitrogen and oxygen atoms in total. The standard InChI is InChI=1S/C21H28N4O/c1-6-10-25-18(5)21(17(4)23-25)19-13-22-14-24(19)11-12-26-20-9-7-8-15(2)16(20)3/h7-9,13-14H,6,10-12H2,1-5H3. The summed E-state index contributed by atoms with van der Waals surface area (Å²) in [5.74, 6) is 0.954. The average Bonchev–Trinajstić information content (AvgIpc) is 3.16. The molecule has 0 aliphatic heterocycles. The van der Waals surface area contributed by atoms with Gasteiger partial charge in [-0.25, -0.2) is 4.98 Å². The van der Waals surface area contributed by atoms with Crippen molar-refractivity contribution in [2.75, 3.05) is 6.61 Å². The molecule has 0 N–H and O–H groups in total. The molecule has 0 unspecified atom stereocenters. The molecule has 0 aliphatic carbocycles. The second-order valence-corrected chi connectivity index (χ2v) is 6.79. The first-order chi connectivity index (χ1) is 12.5. The molecule has 0 saturated heterocycles. The Balaban J connectivity index is 1.76. The number of nitrogens with zero attached hydrogens (tertiary/aromatic N) is 4. The first-order valence-corrected chi connectivity index (χ1v) is 9.26. The lowest BCUT2D eigenvalue weighted by atomic mass is 10.1. The zero-order valence-electron chi connectivity index (χ0n) is 16.4. The van der Waals surface area contributed by atoms with E-state index in [1.807, 2.05) is 24.7 Å². The molecule has 0 atom stereocenters. The topological polar surface area (TPSA) is 44.9 Å². The van der Waals surface area contributed by atoms with E-state index in [1.165, 1.54) is 22.4 Å². The fourth-order valence-corrected chi connectivity index (χ4v) is 3.34. The minimum absolute atomic E-state index is 0.606. The molecule has 26 heavy (non-hydrogen) atoms. The van der Waals surface area contributed by atoms with E-state index in [-0.39, 0.29) is 0 Å².